The number of nitrogens with one attached hydrogen (secondary N) is 1. The second kappa shape index (κ2) is 8.70. The normalized spacial score (nSPS) is 13.4. The summed E-state index contributed by atoms with van der Waals surface area (Å²) in [6, 6.07) is 6.46. The Morgan fingerprint density at radius 3 is 2.12 bits per heavy atom. The van der Waals surface area contributed by atoms with Gasteiger partial charge in [-0.25, -0.2) is 8.42 Å². The number of anilines is 1. The molecule has 1 rings (SSSR count). The molecule has 0 heterocycles. The Labute approximate surface area is 152 Å². The minimum absolute atomic E-state index is 0.000435. The van der Waals surface area contributed by atoms with Gasteiger partial charge in [0, 0.05) is 6.04 Å². The van der Waals surface area contributed by atoms with Gasteiger partial charge in [0.25, 0.3) is 0 Å². The van der Waals surface area contributed by atoms with Gasteiger partial charge in [0.15, 0.2) is 0 Å². The van der Waals surface area contributed by atoms with Crippen LogP contribution in [0.25, 0.3) is 0 Å². The number of sulfonamides is 1. The van der Waals surface area contributed by atoms with Gasteiger partial charge in [0.2, 0.25) is 15.9 Å². The first kappa shape index (κ1) is 21.5. The molecule has 0 fully saturated rings. The van der Waals surface area contributed by atoms with Gasteiger partial charge in [0.1, 0.15) is 6.04 Å². The van der Waals surface area contributed by atoms with Crippen molar-refractivity contribution in [2.75, 3.05) is 10.6 Å². The van der Waals surface area contributed by atoms with E-state index in [1.807, 2.05) is 19.9 Å². The number of aryl methyl sites for hydroxylation is 1. The maximum absolute atomic E-state index is 12.9. The SMILES string of the molecule is CC[C@H](C(=O)NC(C(C)C)C(C)C)N(c1cccc(C)c1)S(C)(=O)=O. The van der Waals surface area contributed by atoms with Gasteiger partial charge in [-0.15, -0.1) is 0 Å². The molecule has 0 bridgehead atoms. The summed E-state index contributed by atoms with van der Waals surface area (Å²) in [6.07, 6.45) is 1.55. The highest BCUT2D eigenvalue weighted by Gasteiger charge is 2.33. The van der Waals surface area contributed by atoms with Crippen LogP contribution in [0.3, 0.4) is 0 Å². The van der Waals surface area contributed by atoms with Crippen molar-refractivity contribution in [3.63, 3.8) is 0 Å². The summed E-state index contributed by atoms with van der Waals surface area (Å²) in [4.78, 5) is 12.9. The molecule has 5 nitrogen and oxygen atoms in total. The van der Waals surface area contributed by atoms with E-state index in [0.717, 1.165) is 11.8 Å². The van der Waals surface area contributed by atoms with Crippen molar-refractivity contribution in [2.45, 2.75) is 60.0 Å². The smallest absolute Gasteiger partial charge is 0.244 e. The lowest BCUT2D eigenvalue weighted by Gasteiger charge is -2.33. The topological polar surface area (TPSA) is 66.5 Å². The van der Waals surface area contributed by atoms with E-state index in [0.29, 0.717) is 12.1 Å². The number of hydrogen-bond acceptors (Lipinski definition) is 3. The molecule has 0 aliphatic carbocycles. The second-order valence-corrected chi connectivity index (χ2v) is 9.20. The largest absolute Gasteiger partial charge is 0.351 e. The zero-order chi connectivity index (χ0) is 19.4. The molecule has 142 valence electrons. The van der Waals surface area contributed by atoms with E-state index in [-0.39, 0.29) is 23.8 Å². The zero-order valence-corrected chi connectivity index (χ0v) is 17.2. The second-order valence-electron chi connectivity index (χ2n) is 7.34. The number of hydrogen-bond donors (Lipinski definition) is 1. The molecule has 0 aliphatic rings. The van der Waals surface area contributed by atoms with Crippen LogP contribution in [0, 0.1) is 18.8 Å². The van der Waals surface area contributed by atoms with Crippen LogP contribution in [0.4, 0.5) is 5.69 Å². The molecule has 1 N–H and O–H groups in total. The third-order valence-electron chi connectivity index (χ3n) is 4.33. The van der Waals surface area contributed by atoms with E-state index >= 15 is 0 Å². The standard InChI is InChI=1S/C19H32N2O3S/c1-8-17(19(22)20-18(13(2)3)14(4)5)21(25(7,23)24)16-11-9-10-15(6)12-16/h9-14,17-18H,8H2,1-7H3,(H,20,22)/t17-/m1/s1. The number of carbonyl (C=O) groups excluding carboxylic acids is 1. The van der Waals surface area contributed by atoms with Crippen molar-refractivity contribution < 1.29 is 13.2 Å². The average Bonchev–Trinajstić information content (AvgIpc) is 2.47. The summed E-state index contributed by atoms with van der Waals surface area (Å²) in [5.41, 5.74) is 1.47. The molecular weight excluding hydrogens is 336 g/mol. The van der Waals surface area contributed by atoms with Crippen molar-refractivity contribution in [1.82, 2.24) is 5.32 Å². The summed E-state index contributed by atoms with van der Waals surface area (Å²) >= 11 is 0. The molecule has 0 saturated carbocycles. The Bertz CT molecular complexity index is 676. The van der Waals surface area contributed by atoms with Gasteiger partial charge in [-0.3, -0.25) is 9.10 Å². The molecule has 0 radical (unpaired) electrons. The highest BCUT2D eigenvalue weighted by atomic mass is 32.2. The van der Waals surface area contributed by atoms with E-state index < -0.39 is 16.1 Å². The van der Waals surface area contributed by atoms with Crippen LogP contribution in [0.5, 0.6) is 0 Å². The van der Waals surface area contributed by atoms with Crippen molar-refractivity contribution in [1.29, 1.82) is 0 Å². The fourth-order valence-corrected chi connectivity index (χ4v) is 4.39. The lowest BCUT2D eigenvalue weighted by Crippen LogP contribution is -2.53. The van der Waals surface area contributed by atoms with Crippen molar-refractivity contribution in [2.24, 2.45) is 11.8 Å². The van der Waals surface area contributed by atoms with Crippen molar-refractivity contribution >= 4 is 21.6 Å². The lowest BCUT2D eigenvalue weighted by atomic mass is 9.93. The summed E-state index contributed by atoms with van der Waals surface area (Å²) in [5, 5.41) is 3.06. The van der Waals surface area contributed by atoms with Crippen molar-refractivity contribution in [3.8, 4) is 0 Å². The third-order valence-corrected chi connectivity index (χ3v) is 5.51. The summed E-state index contributed by atoms with van der Waals surface area (Å²) in [7, 11) is -3.59. The molecule has 0 saturated heterocycles. The monoisotopic (exact) mass is 368 g/mol. The fourth-order valence-electron chi connectivity index (χ4n) is 3.19. The highest BCUT2D eigenvalue weighted by molar-refractivity contribution is 7.92. The molecule has 25 heavy (non-hydrogen) atoms. The van der Waals surface area contributed by atoms with Gasteiger partial charge in [0.05, 0.1) is 11.9 Å². The van der Waals surface area contributed by atoms with Crippen LogP contribution in [0.15, 0.2) is 24.3 Å². The summed E-state index contributed by atoms with van der Waals surface area (Å²) in [6.45, 7) is 12.0. The Morgan fingerprint density at radius 1 is 1.16 bits per heavy atom. The van der Waals surface area contributed by atoms with Crippen LogP contribution in [-0.4, -0.2) is 32.7 Å². The number of carbonyl (C=O) groups is 1. The van der Waals surface area contributed by atoms with Crippen LogP contribution in [0.1, 0.15) is 46.6 Å². The number of benzene rings is 1. The highest BCUT2D eigenvalue weighted by Crippen LogP contribution is 2.24. The predicted octanol–water partition coefficient (Wildman–Crippen LogP) is 3.34. The van der Waals surface area contributed by atoms with Gasteiger partial charge in [-0.1, -0.05) is 46.8 Å². The van der Waals surface area contributed by atoms with Crippen LogP contribution >= 0.6 is 0 Å². The van der Waals surface area contributed by atoms with E-state index in [2.05, 4.69) is 33.0 Å². The fraction of sp³-hybridized carbons (Fsp3) is 0.632. The first-order valence-electron chi connectivity index (χ1n) is 8.85. The van der Waals surface area contributed by atoms with Crippen LogP contribution in [-0.2, 0) is 14.8 Å². The quantitative estimate of drug-likeness (QED) is 0.765. The number of nitrogens with zero attached hydrogens (tertiary/aromatic N) is 1. The first-order valence-corrected chi connectivity index (χ1v) is 10.7. The molecule has 1 aromatic carbocycles. The molecule has 0 spiro atoms. The first-order chi connectivity index (χ1) is 11.5. The minimum atomic E-state index is -3.59. The van der Waals surface area contributed by atoms with Crippen LogP contribution < -0.4 is 9.62 Å². The zero-order valence-electron chi connectivity index (χ0n) is 16.4. The summed E-state index contributed by atoms with van der Waals surface area (Å²) < 4.78 is 26.1. The Hall–Kier alpha value is -1.56. The van der Waals surface area contributed by atoms with E-state index in [9.17, 15) is 13.2 Å². The molecule has 6 heteroatoms. The lowest BCUT2D eigenvalue weighted by molar-refractivity contribution is -0.123. The Balaban J connectivity index is 3.24. The van der Waals surface area contributed by atoms with E-state index in [1.54, 1.807) is 18.2 Å². The molecule has 1 amide bonds. The van der Waals surface area contributed by atoms with E-state index in [4.69, 9.17) is 0 Å². The number of amides is 1. The number of rotatable bonds is 8. The molecule has 0 unspecified atom stereocenters. The average molecular weight is 369 g/mol. The van der Waals surface area contributed by atoms with Gasteiger partial charge in [-0.05, 0) is 42.9 Å². The van der Waals surface area contributed by atoms with E-state index in [1.165, 1.54) is 4.31 Å². The third kappa shape index (κ3) is 5.73. The van der Waals surface area contributed by atoms with Gasteiger partial charge in [-0.2, -0.15) is 0 Å². The molecule has 1 atom stereocenters. The molecule has 0 aromatic heterocycles. The molecular formula is C19H32N2O3S. The van der Waals surface area contributed by atoms with Gasteiger partial charge < -0.3 is 5.32 Å². The summed E-state index contributed by atoms with van der Waals surface area (Å²) in [5.74, 6) is 0.293. The molecule has 0 aliphatic heterocycles. The minimum Gasteiger partial charge on any atom is -0.351 e. The Morgan fingerprint density at radius 2 is 1.72 bits per heavy atom. The Kier molecular flexibility index (Phi) is 7.47. The van der Waals surface area contributed by atoms with Crippen molar-refractivity contribution in [3.05, 3.63) is 29.8 Å². The maximum atomic E-state index is 12.9. The van der Waals surface area contributed by atoms with Gasteiger partial charge >= 0.3 is 0 Å². The maximum Gasteiger partial charge on any atom is 0.244 e. The predicted molar refractivity (Wildman–Crippen MR) is 104 cm³/mol. The van der Waals surface area contributed by atoms with Crippen LogP contribution in [0.2, 0.25) is 0 Å². The molecule has 1 aromatic rings.